The maximum atomic E-state index is 11.7. The molecular weight excluding hydrogens is 262 g/mol. The minimum absolute atomic E-state index is 0.0720. The Morgan fingerprint density at radius 3 is 2.50 bits per heavy atom. The molecule has 0 aliphatic rings. The second-order valence-corrected chi connectivity index (χ2v) is 4.16. The summed E-state index contributed by atoms with van der Waals surface area (Å²) >= 11 is 0. The first-order valence-electron chi connectivity index (χ1n) is 5.98. The molecule has 0 heterocycles. The molecule has 7 nitrogen and oxygen atoms in total. The summed E-state index contributed by atoms with van der Waals surface area (Å²) in [5, 5.41) is 4.85. The van der Waals surface area contributed by atoms with Crippen LogP contribution >= 0.6 is 0 Å². The van der Waals surface area contributed by atoms with Gasteiger partial charge >= 0.3 is 11.8 Å². The number of hydrogen-bond acceptors (Lipinski definition) is 5. The van der Waals surface area contributed by atoms with E-state index in [4.69, 9.17) is 15.2 Å². The van der Waals surface area contributed by atoms with E-state index in [1.54, 1.807) is 12.1 Å². The summed E-state index contributed by atoms with van der Waals surface area (Å²) in [4.78, 5) is 23.3. The van der Waals surface area contributed by atoms with Crippen LogP contribution in [0.3, 0.4) is 0 Å². The molecule has 110 valence electrons. The lowest BCUT2D eigenvalue weighted by molar-refractivity contribution is -0.139. The number of amides is 2. The van der Waals surface area contributed by atoms with Crippen molar-refractivity contribution < 1.29 is 19.1 Å². The second kappa shape index (κ2) is 7.46. The smallest absolute Gasteiger partial charge is 0.313 e. The summed E-state index contributed by atoms with van der Waals surface area (Å²) in [5.41, 5.74) is 7.44. The van der Waals surface area contributed by atoms with Crippen LogP contribution in [-0.2, 0) is 19.1 Å². The van der Waals surface area contributed by atoms with E-state index in [-0.39, 0.29) is 6.54 Å². The molecule has 2 amide bonds. The average Bonchev–Trinajstić information content (AvgIpc) is 2.43. The van der Waals surface area contributed by atoms with Gasteiger partial charge in [-0.3, -0.25) is 9.59 Å². The van der Waals surface area contributed by atoms with Gasteiger partial charge in [-0.1, -0.05) is 6.07 Å². The van der Waals surface area contributed by atoms with Crippen LogP contribution in [0.5, 0.6) is 0 Å². The van der Waals surface area contributed by atoms with Crippen molar-refractivity contribution in [2.45, 2.75) is 13.2 Å². The van der Waals surface area contributed by atoms with Crippen LogP contribution in [0, 0.1) is 6.92 Å². The van der Waals surface area contributed by atoms with Gasteiger partial charge in [0.1, 0.15) is 0 Å². The molecule has 20 heavy (non-hydrogen) atoms. The van der Waals surface area contributed by atoms with Gasteiger partial charge in [-0.25, -0.2) is 0 Å². The molecule has 1 aromatic rings. The summed E-state index contributed by atoms with van der Waals surface area (Å²) in [5.74, 6) is -1.58. The minimum atomic E-state index is -0.798. The van der Waals surface area contributed by atoms with Crippen molar-refractivity contribution in [3.63, 3.8) is 0 Å². The highest BCUT2D eigenvalue weighted by molar-refractivity contribution is 6.39. The first-order valence-corrected chi connectivity index (χ1v) is 5.98. The number of anilines is 2. The fourth-order valence-corrected chi connectivity index (χ4v) is 1.48. The van der Waals surface area contributed by atoms with Crippen LogP contribution in [0.15, 0.2) is 18.2 Å². The summed E-state index contributed by atoms with van der Waals surface area (Å²) in [6, 6.07) is 5.16. The van der Waals surface area contributed by atoms with Gasteiger partial charge < -0.3 is 25.8 Å². The molecule has 0 fully saturated rings. The van der Waals surface area contributed by atoms with Crippen molar-refractivity contribution in [2.75, 3.05) is 31.8 Å². The minimum Gasteiger partial charge on any atom is -0.397 e. The summed E-state index contributed by atoms with van der Waals surface area (Å²) < 4.78 is 9.79. The van der Waals surface area contributed by atoms with Gasteiger partial charge in [-0.2, -0.15) is 0 Å². The molecule has 4 N–H and O–H groups in total. The van der Waals surface area contributed by atoms with E-state index in [1.165, 1.54) is 14.2 Å². The van der Waals surface area contributed by atoms with Crippen LogP contribution < -0.4 is 16.4 Å². The highest BCUT2D eigenvalue weighted by atomic mass is 16.7. The highest BCUT2D eigenvalue weighted by Gasteiger charge is 2.16. The monoisotopic (exact) mass is 281 g/mol. The Balaban J connectivity index is 2.57. The second-order valence-electron chi connectivity index (χ2n) is 4.16. The van der Waals surface area contributed by atoms with Crippen LogP contribution in [0.2, 0.25) is 0 Å². The van der Waals surface area contributed by atoms with Crippen molar-refractivity contribution in [3.8, 4) is 0 Å². The summed E-state index contributed by atoms with van der Waals surface area (Å²) in [6.45, 7) is 1.93. The number of methoxy groups -OCH3 is 2. The molecule has 0 saturated carbocycles. The third-order valence-electron chi connectivity index (χ3n) is 2.62. The normalized spacial score (nSPS) is 10.4. The zero-order valence-corrected chi connectivity index (χ0v) is 11.7. The number of hydrogen-bond donors (Lipinski definition) is 3. The number of ether oxygens (including phenoxy) is 2. The molecule has 1 rings (SSSR count). The number of nitrogens with one attached hydrogen (secondary N) is 2. The number of carbonyl (C=O) groups excluding carboxylic acids is 2. The van der Waals surface area contributed by atoms with Crippen molar-refractivity contribution in [1.82, 2.24) is 5.32 Å². The predicted molar refractivity (Wildman–Crippen MR) is 75.0 cm³/mol. The Kier molecular flexibility index (Phi) is 5.95. The van der Waals surface area contributed by atoms with Gasteiger partial charge in [0.05, 0.1) is 17.9 Å². The van der Waals surface area contributed by atoms with Crippen molar-refractivity contribution in [1.29, 1.82) is 0 Å². The van der Waals surface area contributed by atoms with Crippen molar-refractivity contribution in [2.24, 2.45) is 0 Å². The van der Waals surface area contributed by atoms with E-state index in [9.17, 15) is 9.59 Å². The first-order chi connectivity index (χ1) is 9.47. The third kappa shape index (κ3) is 4.52. The standard InChI is InChI=1S/C13H19N3O4/c1-8-4-5-9(14)10(6-8)16-13(18)12(17)15-7-11(19-2)20-3/h4-6,11H,7,14H2,1-3H3,(H,15,17)(H,16,18). The first kappa shape index (κ1) is 15.9. The Morgan fingerprint density at radius 1 is 1.25 bits per heavy atom. The third-order valence-corrected chi connectivity index (χ3v) is 2.62. The molecule has 0 radical (unpaired) electrons. The molecule has 0 atom stereocenters. The van der Waals surface area contributed by atoms with Gasteiger partial charge in [0.25, 0.3) is 0 Å². The molecule has 0 bridgehead atoms. The topological polar surface area (TPSA) is 103 Å². The van der Waals surface area contributed by atoms with E-state index in [0.29, 0.717) is 11.4 Å². The molecule has 7 heteroatoms. The van der Waals surface area contributed by atoms with Gasteiger partial charge in [0, 0.05) is 14.2 Å². The molecule has 0 saturated heterocycles. The van der Waals surface area contributed by atoms with Gasteiger partial charge in [-0.05, 0) is 24.6 Å². The maximum Gasteiger partial charge on any atom is 0.313 e. The van der Waals surface area contributed by atoms with Gasteiger partial charge in [0.15, 0.2) is 6.29 Å². The molecule has 0 aliphatic heterocycles. The lowest BCUT2D eigenvalue weighted by Gasteiger charge is -2.14. The maximum absolute atomic E-state index is 11.7. The van der Waals surface area contributed by atoms with Gasteiger partial charge in [0.2, 0.25) is 0 Å². The molecule has 0 spiro atoms. The number of aryl methyl sites for hydroxylation is 1. The van der Waals surface area contributed by atoms with Crippen LogP contribution in [-0.4, -0.2) is 38.9 Å². The number of nitrogens with two attached hydrogens (primary N) is 1. The van der Waals surface area contributed by atoms with E-state index < -0.39 is 18.1 Å². The summed E-state index contributed by atoms with van der Waals surface area (Å²) in [7, 11) is 2.88. The molecule has 0 unspecified atom stereocenters. The zero-order valence-electron chi connectivity index (χ0n) is 11.7. The van der Waals surface area contributed by atoms with E-state index in [2.05, 4.69) is 10.6 Å². The van der Waals surface area contributed by atoms with E-state index in [1.807, 2.05) is 13.0 Å². The van der Waals surface area contributed by atoms with Crippen molar-refractivity contribution in [3.05, 3.63) is 23.8 Å². The molecule has 1 aromatic carbocycles. The Morgan fingerprint density at radius 2 is 1.90 bits per heavy atom. The van der Waals surface area contributed by atoms with Crippen molar-refractivity contribution >= 4 is 23.2 Å². The Bertz CT molecular complexity index is 487. The number of rotatable bonds is 5. The predicted octanol–water partition coefficient (Wildman–Crippen LogP) is 0.251. The molecule has 0 aromatic heterocycles. The molecule has 0 aliphatic carbocycles. The average molecular weight is 281 g/mol. The van der Waals surface area contributed by atoms with E-state index in [0.717, 1.165) is 5.56 Å². The number of nitrogen functional groups attached to an aromatic ring is 1. The Hall–Kier alpha value is -2.12. The SMILES string of the molecule is COC(CNC(=O)C(=O)Nc1cc(C)ccc1N)OC. The lowest BCUT2D eigenvalue weighted by atomic mass is 10.2. The highest BCUT2D eigenvalue weighted by Crippen LogP contribution is 2.19. The number of carbonyl (C=O) groups is 2. The largest absolute Gasteiger partial charge is 0.397 e. The summed E-state index contributed by atoms with van der Waals surface area (Å²) in [6.07, 6.45) is -0.601. The number of benzene rings is 1. The quantitative estimate of drug-likeness (QED) is 0.408. The zero-order chi connectivity index (χ0) is 15.1. The lowest BCUT2D eigenvalue weighted by Crippen LogP contribution is -2.40. The molecular formula is C13H19N3O4. The van der Waals surface area contributed by atoms with Gasteiger partial charge in [-0.15, -0.1) is 0 Å². The van der Waals surface area contributed by atoms with Crippen LogP contribution in [0.4, 0.5) is 11.4 Å². The van der Waals surface area contributed by atoms with Crippen LogP contribution in [0.25, 0.3) is 0 Å². The fraction of sp³-hybridized carbons (Fsp3) is 0.385. The fourth-order valence-electron chi connectivity index (χ4n) is 1.48. The Labute approximate surface area is 117 Å². The van der Waals surface area contributed by atoms with Crippen LogP contribution in [0.1, 0.15) is 5.56 Å². The van der Waals surface area contributed by atoms with E-state index >= 15 is 0 Å².